The summed E-state index contributed by atoms with van der Waals surface area (Å²) >= 11 is 0. The number of Topliss-reactive ketones (excluding diaryl/α,β-unsaturated/α-hetero) is 2. The molecule has 0 spiro atoms. The highest BCUT2D eigenvalue weighted by atomic mass is 16.5. The lowest BCUT2D eigenvalue weighted by molar-refractivity contribution is -0.148. The molecule has 0 aromatic carbocycles. The van der Waals surface area contributed by atoms with Crippen LogP contribution in [0.3, 0.4) is 0 Å². The number of hydrogen-bond acceptors (Lipinski definition) is 5. The highest BCUT2D eigenvalue weighted by molar-refractivity contribution is 6.08. The second-order valence-electron chi connectivity index (χ2n) is 12.4. The van der Waals surface area contributed by atoms with Crippen molar-refractivity contribution in [3.8, 4) is 0 Å². The van der Waals surface area contributed by atoms with Gasteiger partial charge in [-0.2, -0.15) is 0 Å². The molecular weight excluding hydrogens is 454 g/mol. The summed E-state index contributed by atoms with van der Waals surface area (Å²) < 4.78 is 5.55. The van der Waals surface area contributed by atoms with Crippen LogP contribution < -0.4 is 5.32 Å². The number of rotatable bonds is 6. The number of allylic oxidation sites excluding steroid dienone is 3. The van der Waals surface area contributed by atoms with Gasteiger partial charge in [0, 0.05) is 44.7 Å². The number of carbonyl (C=O) groups excluding carboxylic acids is 4. The van der Waals surface area contributed by atoms with Gasteiger partial charge in [0.2, 0.25) is 5.91 Å². The summed E-state index contributed by atoms with van der Waals surface area (Å²) in [4.78, 5) is 49.4. The zero-order valence-electron chi connectivity index (χ0n) is 22.9. The van der Waals surface area contributed by atoms with Crippen molar-refractivity contribution in [3.63, 3.8) is 0 Å². The number of ketones is 2. The van der Waals surface area contributed by atoms with Crippen LogP contribution in [0.5, 0.6) is 0 Å². The van der Waals surface area contributed by atoms with Gasteiger partial charge in [-0.05, 0) is 86.5 Å². The summed E-state index contributed by atoms with van der Waals surface area (Å²) in [5.74, 6) is 1.11. The highest BCUT2D eigenvalue weighted by Crippen LogP contribution is 2.65. The maximum Gasteiger partial charge on any atom is 0.302 e. The van der Waals surface area contributed by atoms with Crippen LogP contribution >= 0.6 is 0 Å². The van der Waals surface area contributed by atoms with E-state index in [0.29, 0.717) is 36.7 Å². The van der Waals surface area contributed by atoms with Gasteiger partial charge in [-0.1, -0.05) is 25.5 Å². The molecule has 198 valence electrons. The quantitative estimate of drug-likeness (QED) is 0.308. The average molecular weight is 498 g/mol. The third-order valence-corrected chi connectivity index (χ3v) is 10.1. The molecule has 0 aromatic heterocycles. The minimum atomic E-state index is -0.252. The lowest BCUT2D eigenvalue weighted by Crippen LogP contribution is -2.49. The maximum absolute atomic E-state index is 13.4. The Hall–Kier alpha value is -2.24. The van der Waals surface area contributed by atoms with E-state index in [0.717, 1.165) is 44.1 Å². The van der Waals surface area contributed by atoms with E-state index in [4.69, 9.17) is 4.74 Å². The Labute approximate surface area is 215 Å². The summed E-state index contributed by atoms with van der Waals surface area (Å²) in [5.41, 5.74) is 2.70. The Morgan fingerprint density at radius 2 is 1.75 bits per heavy atom. The molecule has 1 amide bonds. The number of esters is 1. The summed E-state index contributed by atoms with van der Waals surface area (Å²) in [6.45, 7) is 11.3. The lowest BCUT2D eigenvalue weighted by atomic mass is 9.47. The van der Waals surface area contributed by atoms with Gasteiger partial charge < -0.3 is 10.1 Å². The fraction of sp³-hybridized carbons (Fsp3) is 0.733. The van der Waals surface area contributed by atoms with E-state index in [1.165, 1.54) is 19.4 Å². The van der Waals surface area contributed by atoms with E-state index in [2.05, 4.69) is 25.2 Å². The van der Waals surface area contributed by atoms with Crippen LogP contribution in [0.2, 0.25) is 0 Å². The predicted octanol–water partition coefficient (Wildman–Crippen LogP) is 5.25. The first-order valence-corrected chi connectivity index (χ1v) is 13.8. The summed E-state index contributed by atoms with van der Waals surface area (Å²) in [6, 6.07) is -0.0674. The molecular formula is C30H43NO5. The van der Waals surface area contributed by atoms with Gasteiger partial charge >= 0.3 is 5.97 Å². The average Bonchev–Trinajstić information content (AvgIpc) is 3.06. The number of hydrogen-bond donors (Lipinski definition) is 1. The molecule has 0 aliphatic heterocycles. The number of ether oxygens (including phenoxy) is 1. The molecule has 0 unspecified atom stereocenters. The molecule has 4 aliphatic rings. The van der Waals surface area contributed by atoms with E-state index < -0.39 is 0 Å². The Kier molecular flexibility index (Phi) is 7.38. The van der Waals surface area contributed by atoms with E-state index in [9.17, 15) is 19.2 Å². The van der Waals surface area contributed by atoms with E-state index in [1.807, 2.05) is 13.8 Å². The number of nitrogens with one attached hydrogen (secondary N) is 1. The summed E-state index contributed by atoms with van der Waals surface area (Å²) in [6.07, 6.45) is 9.51. The highest BCUT2D eigenvalue weighted by Gasteiger charge is 2.60. The fourth-order valence-corrected chi connectivity index (χ4v) is 8.32. The minimum Gasteiger partial charge on any atom is -0.462 e. The largest absolute Gasteiger partial charge is 0.462 e. The Morgan fingerprint density at radius 3 is 2.42 bits per heavy atom. The van der Waals surface area contributed by atoms with Crippen LogP contribution in [0, 0.1) is 28.6 Å². The SMILES string of the molecule is CC(=O)N[C@H](C)CCC(=O)/C(C)=C1\C(=O)C[C@@H]2[C@@H]3CC=C4C[C@H](OC(C)=O)CC[C@]4(C)[C@H]3CC[C@]12C. The first kappa shape index (κ1) is 26.8. The van der Waals surface area contributed by atoms with Crippen molar-refractivity contribution in [3.05, 3.63) is 22.8 Å². The van der Waals surface area contributed by atoms with E-state index in [1.54, 1.807) is 0 Å². The monoisotopic (exact) mass is 497 g/mol. The van der Waals surface area contributed by atoms with Crippen molar-refractivity contribution >= 4 is 23.4 Å². The third kappa shape index (κ3) is 4.72. The summed E-state index contributed by atoms with van der Waals surface area (Å²) in [7, 11) is 0. The molecule has 3 fully saturated rings. The molecule has 0 heterocycles. The Morgan fingerprint density at radius 1 is 1.06 bits per heavy atom. The van der Waals surface area contributed by atoms with Gasteiger partial charge in [0.15, 0.2) is 11.6 Å². The molecule has 0 aromatic rings. The van der Waals surface area contributed by atoms with Gasteiger partial charge in [0.25, 0.3) is 0 Å². The van der Waals surface area contributed by atoms with Crippen molar-refractivity contribution in [2.45, 2.75) is 111 Å². The molecule has 36 heavy (non-hydrogen) atoms. The molecule has 6 nitrogen and oxygen atoms in total. The van der Waals surface area contributed by atoms with Crippen LogP contribution in [0.4, 0.5) is 0 Å². The fourth-order valence-electron chi connectivity index (χ4n) is 8.32. The van der Waals surface area contributed by atoms with Crippen LogP contribution in [0.15, 0.2) is 22.8 Å². The summed E-state index contributed by atoms with van der Waals surface area (Å²) in [5, 5.41) is 2.83. The zero-order valence-corrected chi connectivity index (χ0v) is 22.9. The molecule has 0 saturated heterocycles. The van der Waals surface area contributed by atoms with Gasteiger partial charge in [0.05, 0.1) is 0 Å². The van der Waals surface area contributed by atoms with Crippen LogP contribution in [0.25, 0.3) is 0 Å². The molecule has 7 atom stereocenters. The Balaban J connectivity index is 1.54. The zero-order chi connectivity index (χ0) is 26.4. The first-order chi connectivity index (χ1) is 16.9. The molecule has 3 saturated carbocycles. The number of carbonyl (C=O) groups is 4. The predicted molar refractivity (Wildman–Crippen MR) is 138 cm³/mol. The molecule has 4 aliphatic carbocycles. The van der Waals surface area contributed by atoms with Crippen molar-refractivity contribution in [2.24, 2.45) is 28.6 Å². The van der Waals surface area contributed by atoms with Gasteiger partial charge in [-0.3, -0.25) is 19.2 Å². The van der Waals surface area contributed by atoms with Crippen LogP contribution in [-0.4, -0.2) is 35.6 Å². The van der Waals surface area contributed by atoms with Crippen molar-refractivity contribution in [1.29, 1.82) is 0 Å². The molecule has 0 radical (unpaired) electrons. The molecule has 1 N–H and O–H groups in total. The maximum atomic E-state index is 13.4. The number of amides is 1. The lowest BCUT2D eigenvalue weighted by Gasteiger charge is -2.57. The molecule has 4 rings (SSSR count). The number of fused-ring (bicyclic) bond motifs is 5. The van der Waals surface area contributed by atoms with Crippen LogP contribution in [0.1, 0.15) is 99.3 Å². The normalized spacial score (nSPS) is 37.6. The first-order valence-electron chi connectivity index (χ1n) is 13.8. The second kappa shape index (κ2) is 9.90. The van der Waals surface area contributed by atoms with Gasteiger partial charge in [-0.15, -0.1) is 0 Å². The van der Waals surface area contributed by atoms with Crippen LogP contribution in [-0.2, 0) is 23.9 Å². The van der Waals surface area contributed by atoms with E-state index in [-0.39, 0.29) is 52.3 Å². The third-order valence-electron chi connectivity index (χ3n) is 10.1. The van der Waals surface area contributed by atoms with Gasteiger partial charge in [0.1, 0.15) is 6.10 Å². The van der Waals surface area contributed by atoms with Crippen molar-refractivity contribution in [1.82, 2.24) is 5.32 Å². The van der Waals surface area contributed by atoms with Crippen molar-refractivity contribution < 1.29 is 23.9 Å². The second-order valence-corrected chi connectivity index (χ2v) is 12.4. The molecule has 0 bridgehead atoms. The minimum absolute atomic E-state index is 0.0168. The topological polar surface area (TPSA) is 89.5 Å². The Bertz CT molecular complexity index is 1020. The van der Waals surface area contributed by atoms with E-state index >= 15 is 0 Å². The van der Waals surface area contributed by atoms with Crippen molar-refractivity contribution in [2.75, 3.05) is 0 Å². The smallest absolute Gasteiger partial charge is 0.302 e. The standard InChI is InChI=1S/C30H43NO5/c1-17(31-19(3)32)7-10-26(34)18(2)28-27(35)16-25-23-9-8-21-15-22(36-20(4)33)11-13-29(21,5)24(23)12-14-30(25,28)6/h8,17,22-25H,7,9-16H2,1-6H3,(H,31,32)/b28-18+/t17-,22-,23-,24+,25-,29+,30+/m1/s1. The van der Waals surface area contributed by atoms with Gasteiger partial charge in [-0.25, -0.2) is 0 Å². The molecule has 6 heteroatoms.